The number of hydrogen-bond donors (Lipinski definition) is 1. The molecule has 1 aliphatic heterocycles. The number of hydrogen-bond acceptors (Lipinski definition) is 6. The Morgan fingerprint density at radius 1 is 1.18 bits per heavy atom. The molecule has 0 aliphatic carbocycles. The summed E-state index contributed by atoms with van der Waals surface area (Å²) in [5, 5.41) is 3.55. The van der Waals surface area contributed by atoms with E-state index in [4.69, 9.17) is 9.72 Å². The van der Waals surface area contributed by atoms with Crippen LogP contribution in [0.5, 0.6) is 5.75 Å². The number of ether oxygens (including phenoxy) is 1. The van der Waals surface area contributed by atoms with Gasteiger partial charge in [-0.1, -0.05) is 12.1 Å². The summed E-state index contributed by atoms with van der Waals surface area (Å²) in [5.41, 5.74) is 2.46. The van der Waals surface area contributed by atoms with Gasteiger partial charge in [0.2, 0.25) is 5.95 Å². The maximum atomic E-state index is 12.5. The number of benzene rings is 1. The van der Waals surface area contributed by atoms with Gasteiger partial charge in [0.05, 0.1) is 18.5 Å². The van der Waals surface area contributed by atoms with E-state index < -0.39 is 0 Å². The molecule has 1 aromatic carbocycles. The van der Waals surface area contributed by atoms with Crippen molar-refractivity contribution in [1.29, 1.82) is 0 Å². The molecule has 1 atom stereocenters. The number of nitrogens with one attached hydrogen (secondary N) is 1. The lowest BCUT2D eigenvalue weighted by Gasteiger charge is -2.21. The van der Waals surface area contributed by atoms with Gasteiger partial charge in [0.1, 0.15) is 5.75 Å². The third-order valence-electron chi connectivity index (χ3n) is 5.03. The van der Waals surface area contributed by atoms with Gasteiger partial charge in [-0.15, -0.1) is 0 Å². The first-order valence-corrected chi connectivity index (χ1v) is 9.28. The van der Waals surface area contributed by atoms with Gasteiger partial charge in [-0.3, -0.25) is 14.3 Å². The third-order valence-corrected chi connectivity index (χ3v) is 5.03. The van der Waals surface area contributed by atoms with Crippen LogP contribution in [0, 0.1) is 0 Å². The molecule has 1 saturated heterocycles. The molecule has 1 N–H and O–H groups in total. The third kappa shape index (κ3) is 3.55. The Kier molecular flexibility index (Phi) is 4.97. The fraction of sp³-hybridized carbons (Fsp3) is 0.286. The van der Waals surface area contributed by atoms with Crippen molar-refractivity contribution in [2.24, 2.45) is 7.05 Å². The predicted molar refractivity (Wildman–Crippen MR) is 110 cm³/mol. The molecule has 0 saturated carbocycles. The van der Waals surface area contributed by atoms with E-state index in [2.05, 4.69) is 15.2 Å². The van der Waals surface area contributed by atoms with Crippen LogP contribution in [0.15, 0.2) is 59.7 Å². The van der Waals surface area contributed by atoms with E-state index in [9.17, 15) is 4.79 Å². The monoisotopic (exact) mass is 377 g/mol. The van der Waals surface area contributed by atoms with Crippen LogP contribution < -0.4 is 20.5 Å². The molecule has 1 fully saturated rings. The molecule has 28 heavy (non-hydrogen) atoms. The lowest BCUT2D eigenvalue weighted by molar-refractivity contribution is 0.416. The highest BCUT2D eigenvalue weighted by Crippen LogP contribution is 2.27. The molecule has 0 radical (unpaired) electrons. The van der Waals surface area contributed by atoms with E-state index in [0.717, 1.165) is 36.5 Å². The molecule has 144 valence electrons. The normalized spacial score (nSPS) is 16.2. The van der Waals surface area contributed by atoms with Crippen molar-refractivity contribution in [3.05, 3.63) is 65.2 Å². The van der Waals surface area contributed by atoms with Crippen LogP contribution in [-0.2, 0) is 7.05 Å². The van der Waals surface area contributed by atoms with E-state index >= 15 is 0 Å². The molecular formula is C21H23N5O2. The minimum Gasteiger partial charge on any atom is -0.495 e. The molecule has 7 nitrogen and oxygen atoms in total. The molecule has 2 aromatic heterocycles. The minimum atomic E-state index is -0.0713. The van der Waals surface area contributed by atoms with E-state index in [0.29, 0.717) is 11.6 Å². The summed E-state index contributed by atoms with van der Waals surface area (Å²) in [4.78, 5) is 23.5. The summed E-state index contributed by atoms with van der Waals surface area (Å²) < 4.78 is 7.03. The molecule has 1 aliphatic rings. The SMILES string of the molecule is COc1ccccc1N[C@@H]1CCN(c2nc(-c3ccncc3)cc(=O)n2C)C1. The van der Waals surface area contributed by atoms with Crippen LogP contribution in [0.2, 0.25) is 0 Å². The summed E-state index contributed by atoms with van der Waals surface area (Å²) in [6, 6.07) is 13.4. The zero-order chi connectivity index (χ0) is 19.5. The molecular weight excluding hydrogens is 354 g/mol. The molecule has 3 heterocycles. The van der Waals surface area contributed by atoms with Gasteiger partial charge in [-0.25, -0.2) is 4.98 Å². The number of nitrogens with zero attached hydrogens (tertiary/aromatic N) is 4. The number of methoxy groups -OCH3 is 1. The van der Waals surface area contributed by atoms with Crippen molar-refractivity contribution < 1.29 is 4.74 Å². The van der Waals surface area contributed by atoms with Crippen molar-refractivity contribution in [2.45, 2.75) is 12.5 Å². The smallest absolute Gasteiger partial charge is 0.255 e. The van der Waals surface area contributed by atoms with Crippen molar-refractivity contribution in [3.63, 3.8) is 0 Å². The van der Waals surface area contributed by atoms with Crippen LogP contribution in [0.3, 0.4) is 0 Å². The summed E-state index contributed by atoms with van der Waals surface area (Å²) in [6.07, 6.45) is 4.36. The second-order valence-corrected chi connectivity index (χ2v) is 6.85. The zero-order valence-electron chi connectivity index (χ0n) is 16.0. The van der Waals surface area contributed by atoms with Crippen LogP contribution in [0.1, 0.15) is 6.42 Å². The molecule has 3 aromatic rings. The van der Waals surface area contributed by atoms with Gasteiger partial charge < -0.3 is 15.0 Å². The highest BCUT2D eigenvalue weighted by Gasteiger charge is 2.26. The Balaban J connectivity index is 1.57. The Bertz CT molecular complexity index is 1020. The Morgan fingerprint density at radius 3 is 2.75 bits per heavy atom. The van der Waals surface area contributed by atoms with Crippen molar-refractivity contribution in [1.82, 2.24) is 14.5 Å². The zero-order valence-corrected chi connectivity index (χ0v) is 16.0. The fourth-order valence-electron chi connectivity index (χ4n) is 3.52. The number of pyridine rings is 1. The standard InChI is InChI=1S/C21H23N5O2/c1-25-20(27)13-18(15-7-10-22-11-8-15)24-21(25)26-12-9-16(14-26)23-17-5-3-4-6-19(17)28-2/h3-8,10-11,13,16,23H,9,12,14H2,1-2H3/t16-/m1/s1. The Hall–Kier alpha value is -3.35. The molecule has 0 bridgehead atoms. The van der Waals surface area contributed by atoms with Gasteiger partial charge in [-0.05, 0) is 30.7 Å². The van der Waals surface area contributed by atoms with E-state index in [1.807, 2.05) is 36.4 Å². The highest BCUT2D eigenvalue weighted by atomic mass is 16.5. The van der Waals surface area contributed by atoms with Crippen LogP contribution in [0.4, 0.5) is 11.6 Å². The lowest BCUT2D eigenvalue weighted by atomic mass is 10.2. The molecule has 7 heteroatoms. The summed E-state index contributed by atoms with van der Waals surface area (Å²) in [5.74, 6) is 1.51. The first-order valence-electron chi connectivity index (χ1n) is 9.28. The fourth-order valence-corrected chi connectivity index (χ4v) is 3.52. The number of anilines is 2. The van der Waals surface area contributed by atoms with Crippen LogP contribution in [-0.4, -0.2) is 40.8 Å². The largest absolute Gasteiger partial charge is 0.495 e. The first kappa shape index (κ1) is 18.0. The second kappa shape index (κ2) is 7.72. The minimum absolute atomic E-state index is 0.0713. The van der Waals surface area contributed by atoms with Crippen molar-refractivity contribution in [2.75, 3.05) is 30.4 Å². The van der Waals surface area contributed by atoms with Gasteiger partial charge >= 0.3 is 0 Å². The quantitative estimate of drug-likeness (QED) is 0.737. The van der Waals surface area contributed by atoms with Gasteiger partial charge in [-0.2, -0.15) is 0 Å². The maximum absolute atomic E-state index is 12.5. The van der Waals surface area contributed by atoms with Crippen molar-refractivity contribution >= 4 is 11.6 Å². The van der Waals surface area contributed by atoms with E-state index in [1.165, 1.54) is 0 Å². The molecule has 0 unspecified atom stereocenters. The van der Waals surface area contributed by atoms with Gasteiger partial charge in [0, 0.05) is 50.2 Å². The number of rotatable bonds is 5. The first-order chi connectivity index (χ1) is 13.7. The summed E-state index contributed by atoms with van der Waals surface area (Å²) >= 11 is 0. The lowest BCUT2D eigenvalue weighted by Crippen LogP contribution is -2.32. The average molecular weight is 377 g/mol. The molecule has 4 rings (SSSR count). The van der Waals surface area contributed by atoms with Gasteiger partial charge in [0.25, 0.3) is 5.56 Å². The van der Waals surface area contributed by atoms with Gasteiger partial charge in [0.15, 0.2) is 0 Å². The van der Waals surface area contributed by atoms with Crippen molar-refractivity contribution in [3.8, 4) is 17.0 Å². The Morgan fingerprint density at radius 2 is 1.96 bits per heavy atom. The average Bonchev–Trinajstić information content (AvgIpc) is 3.19. The van der Waals surface area contributed by atoms with E-state index in [-0.39, 0.29) is 11.6 Å². The topological polar surface area (TPSA) is 72.3 Å². The van der Waals surface area contributed by atoms with Crippen LogP contribution >= 0.6 is 0 Å². The molecule has 0 spiro atoms. The highest BCUT2D eigenvalue weighted by molar-refractivity contribution is 5.60. The predicted octanol–water partition coefficient (Wildman–Crippen LogP) is 2.54. The Labute approximate surface area is 163 Å². The number of para-hydroxylation sites is 2. The second-order valence-electron chi connectivity index (χ2n) is 6.85. The summed E-state index contributed by atoms with van der Waals surface area (Å²) in [7, 11) is 3.44. The molecule has 0 amide bonds. The summed E-state index contributed by atoms with van der Waals surface area (Å²) in [6.45, 7) is 1.59. The van der Waals surface area contributed by atoms with E-state index in [1.54, 1.807) is 37.2 Å². The number of aromatic nitrogens is 3. The maximum Gasteiger partial charge on any atom is 0.255 e. The van der Waals surface area contributed by atoms with Crippen LogP contribution in [0.25, 0.3) is 11.3 Å².